The van der Waals surface area contributed by atoms with Crippen LogP contribution in [0.1, 0.15) is 40.1 Å². The van der Waals surface area contributed by atoms with Gasteiger partial charge in [0.25, 0.3) is 5.91 Å². The third-order valence-electron chi connectivity index (χ3n) is 4.21. The third-order valence-corrected chi connectivity index (χ3v) is 4.85. The number of thiazole rings is 1. The van der Waals surface area contributed by atoms with Crippen molar-refractivity contribution in [1.29, 1.82) is 0 Å². The number of methoxy groups -OCH3 is 1. The molecule has 0 aliphatic carbocycles. The van der Waals surface area contributed by atoms with Crippen LogP contribution in [0.25, 0.3) is 0 Å². The van der Waals surface area contributed by atoms with Gasteiger partial charge in [0.2, 0.25) is 0 Å². The first-order valence-electron chi connectivity index (χ1n) is 8.62. The molecular formula is C21H22N2O3S. The number of carbonyl (C=O) groups is 1. The number of nitrogens with zero attached hydrogens (tertiary/aromatic N) is 1. The fourth-order valence-corrected chi connectivity index (χ4v) is 3.15. The van der Waals surface area contributed by atoms with Crippen molar-refractivity contribution < 1.29 is 14.3 Å². The second kappa shape index (κ2) is 8.68. The number of nitrogens with one attached hydrogen (secondary N) is 1. The topological polar surface area (TPSA) is 60.5 Å². The van der Waals surface area contributed by atoms with E-state index in [1.807, 2.05) is 43.5 Å². The first-order valence-corrected chi connectivity index (χ1v) is 9.56. The Morgan fingerprint density at radius 2 is 1.96 bits per heavy atom. The quantitative estimate of drug-likeness (QED) is 0.652. The summed E-state index contributed by atoms with van der Waals surface area (Å²) in [7, 11) is 1.56. The molecule has 0 saturated carbocycles. The molecule has 1 heterocycles. The van der Waals surface area contributed by atoms with Gasteiger partial charge in [-0.15, -0.1) is 11.3 Å². The minimum atomic E-state index is -0.160. The molecule has 0 radical (unpaired) electrons. The van der Waals surface area contributed by atoms with Crippen LogP contribution in [0, 0.1) is 6.92 Å². The van der Waals surface area contributed by atoms with E-state index in [-0.39, 0.29) is 11.9 Å². The average molecular weight is 382 g/mol. The highest BCUT2D eigenvalue weighted by Crippen LogP contribution is 2.29. The summed E-state index contributed by atoms with van der Waals surface area (Å²) in [6, 6.07) is 13.2. The number of amides is 1. The molecule has 1 N–H and O–H groups in total. The van der Waals surface area contributed by atoms with Crippen molar-refractivity contribution in [2.75, 3.05) is 7.11 Å². The molecule has 2 aromatic carbocycles. The van der Waals surface area contributed by atoms with Crippen LogP contribution < -0.4 is 14.8 Å². The molecule has 0 fully saturated rings. The van der Waals surface area contributed by atoms with Gasteiger partial charge in [-0.05, 0) is 37.6 Å². The fraction of sp³-hybridized carbons (Fsp3) is 0.238. The summed E-state index contributed by atoms with van der Waals surface area (Å²) in [5.41, 5.74) is 5.39. The Balaban J connectivity index is 1.68. The molecular weight excluding hydrogens is 360 g/mol. The zero-order valence-electron chi connectivity index (χ0n) is 15.6. The van der Waals surface area contributed by atoms with Gasteiger partial charge in [0, 0.05) is 10.9 Å². The van der Waals surface area contributed by atoms with Gasteiger partial charge in [-0.25, -0.2) is 4.98 Å². The fourth-order valence-electron chi connectivity index (χ4n) is 2.61. The number of carbonyl (C=O) groups excluding carboxylic acids is 1. The zero-order valence-corrected chi connectivity index (χ0v) is 16.4. The maximum atomic E-state index is 12.6. The summed E-state index contributed by atoms with van der Waals surface area (Å²) < 4.78 is 11.1. The monoisotopic (exact) mass is 382 g/mol. The molecule has 1 unspecified atom stereocenters. The summed E-state index contributed by atoms with van der Waals surface area (Å²) in [5, 5.41) is 4.94. The smallest absolute Gasteiger partial charge is 0.251 e. The lowest BCUT2D eigenvalue weighted by atomic mass is 10.1. The first kappa shape index (κ1) is 18.9. The van der Waals surface area contributed by atoms with Gasteiger partial charge in [0.1, 0.15) is 6.61 Å². The van der Waals surface area contributed by atoms with Crippen molar-refractivity contribution in [3.8, 4) is 11.5 Å². The number of rotatable bonds is 7. The number of aromatic nitrogens is 1. The molecule has 27 heavy (non-hydrogen) atoms. The number of hydrogen-bond donors (Lipinski definition) is 1. The molecule has 140 valence electrons. The van der Waals surface area contributed by atoms with E-state index in [9.17, 15) is 4.79 Å². The molecule has 0 aliphatic heterocycles. The maximum absolute atomic E-state index is 12.6. The SMILES string of the molecule is COc1cc(C(=O)NC(C)c2ccc(C)cc2)ccc1OCc1cscn1. The number of ether oxygens (including phenoxy) is 2. The van der Waals surface area contributed by atoms with Gasteiger partial charge in [-0.1, -0.05) is 29.8 Å². The van der Waals surface area contributed by atoms with E-state index in [2.05, 4.69) is 10.3 Å². The Hall–Kier alpha value is -2.86. The van der Waals surface area contributed by atoms with Crippen molar-refractivity contribution >= 4 is 17.2 Å². The van der Waals surface area contributed by atoms with Crippen LogP contribution in [0.2, 0.25) is 0 Å². The van der Waals surface area contributed by atoms with Crippen molar-refractivity contribution in [2.45, 2.75) is 26.5 Å². The summed E-state index contributed by atoms with van der Waals surface area (Å²) in [5.74, 6) is 0.932. The molecule has 1 aromatic heterocycles. The van der Waals surface area contributed by atoms with Gasteiger partial charge in [-0.3, -0.25) is 4.79 Å². The van der Waals surface area contributed by atoms with E-state index in [1.165, 1.54) is 16.9 Å². The molecule has 3 aromatic rings. The number of benzene rings is 2. The normalized spacial score (nSPS) is 11.7. The standard InChI is InChI=1S/C21H22N2O3S/c1-14-4-6-16(7-5-14)15(2)23-21(24)17-8-9-19(20(10-17)25-3)26-11-18-12-27-13-22-18/h4-10,12-13,15H,11H2,1-3H3,(H,23,24). The van der Waals surface area contributed by atoms with Crippen LogP contribution in [0.15, 0.2) is 53.4 Å². The summed E-state index contributed by atoms with van der Waals surface area (Å²) in [4.78, 5) is 16.8. The zero-order chi connectivity index (χ0) is 19.2. The molecule has 5 nitrogen and oxygen atoms in total. The molecule has 6 heteroatoms. The highest BCUT2D eigenvalue weighted by Gasteiger charge is 2.14. The molecule has 0 spiro atoms. The Labute approximate surface area is 163 Å². The third kappa shape index (κ3) is 4.86. The number of hydrogen-bond acceptors (Lipinski definition) is 5. The lowest BCUT2D eigenvalue weighted by Gasteiger charge is -2.16. The van der Waals surface area contributed by atoms with Gasteiger partial charge < -0.3 is 14.8 Å². The van der Waals surface area contributed by atoms with Crippen LogP contribution in [0.4, 0.5) is 0 Å². The van der Waals surface area contributed by atoms with E-state index in [4.69, 9.17) is 9.47 Å². The average Bonchev–Trinajstić information content (AvgIpc) is 3.20. The van der Waals surface area contributed by atoms with Gasteiger partial charge in [-0.2, -0.15) is 0 Å². The van der Waals surface area contributed by atoms with Crippen LogP contribution in [0.5, 0.6) is 11.5 Å². The maximum Gasteiger partial charge on any atom is 0.251 e. The lowest BCUT2D eigenvalue weighted by molar-refractivity contribution is 0.0939. The largest absolute Gasteiger partial charge is 0.493 e. The second-order valence-electron chi connectivity index (χ2n) is 6.24. The molecule has 0 aliphatic rings. The molecule has 0 saturated heterocycles. The van der Waals surface area contributed by atoms with Crippen LogP contribution in [0.3, 0.4) is 0 Å². The highest BCUT2D eigenvalue weighted by molar-refractivity contribution is 7.07. The van der Waals surface area contributed by atoms with Crippen LogP contribution in [-0.2, 0) is 6.61 Å². The second-order valence-corrected chi connectivity index (χ2v) is 6.96. The molecule has 1 atom stereocenters. The Morgan fingerprint density at radius 1 is 1.19 bits per heavy atom. The van der Waals surface area contributed by atoms with Crippen molar-refractivity contribution in [3.05, 3.63) is 75.7 Å². The van der Waals surface area contributed by atoms with Gasteiger partial charge in [0.05, 0.1) is 24.4 Å². The molecule has 3 rings (SSSR count). The summed E-state index contributed by atoms with van der Waals surface area (Å²) in [6.45, 7) is 4.36. The number of aryl methyl sites for hydroxylation is 1. The Kier molecular flexibility index (Phi) is 6.08. The molecule has 0 bridgehead atoms. The van der Waals surface area contributed by atoms with Crippen LogP contribution in [-0.4, -0.2) is 18.0 Å². The van der Waals surface area contributed by atoms with E-state index in [0.29, 0.717) is 23.7 Å². The van der Waals surface area contributed by atoms with Crippen molar-refractivity contribution in [3.63, 3.8) is 0 Å². The Morgan fingerprint density at radius 3 is 2.63 bits per heavy atom. The van der Waals surface area contributed by atoms with Crippen LogP contribution >= 0.6 is 11.3 Å². The van der Waals surface area contributed by atoms with Crippen molar-refractivity contribution in [1.82, 2.24) is 10.3 Å². The van der Waals surface area contributed by atoms with Crippen molar-refractivity contribution in [2.24, 2.45) is 0 Å². The molecule has 1 amide bonds. The van der Waals surface area contributed by atoms with Gasteiger partial charge in [0.15, 0.2) is 11.5 Å². The highest BCUT2D eigenvalue weighted by atomic mass is 32.1. The first-order chi connectivity index (χ1) is 13.1. The summed E-state index contributed by atoms with van der Waals surface area (Å²) in [6.07, 6.45) is 0. The van der Waals surface area contributed by atoms with Gasteiger partial charge >= 0.3 is 0 Å². The minimum Gasteiger partial charge on any atom is -0.493 e. The lowest BCUT2D eigenvalue weighted by Crippen LogP contribution is -2.26. The van der Waals surface area contributed by atoms with E-state index in [1.54, 1.807) is 30.8 Å². The predicted octanol–water partition coefficient (Wildman–Crippen LogP) is 4.53. The summed E-state index contributed by atoms with van der Waals surface area (Å²) >= 11 is 1.52. The minimum absolute atomic E-state index is 0.0929. The van der Waals surface area contributed by atoms with E-state index in [0.717, 1.165) is 11.3 Å². The predicted molar refractivity (Wildman–Crippen MR) is 107 cm³/mol. The Bertz CT molecular complexity index is 892. The van der Waals surface area contributed by atoms with E-state index >= 15 is 0 Å². The van der Waals surface area contributed by atoms with E-state index < -0.39 is 0 Å².